The fourth-order valence-corrected chi connectivity index (χ4v) is 3.63. The fourth-order valence-electron chi connectivity index (χ4n) is 3.63. The summed E-state index contributed by atoms with van der Waals surface area (Å²) in [6, 6.07) is 1.41. The Labute approximate surface area is 112 Å². The van der Waals surface area contributed by atoms with Crippen LogP contribution in [0, 0.1) is 5.92 Å². The zero-order chi connectivity index (χ0) is 13.0. The van der Waals surface area contributed by atoms with Gasteiger partial charge in [0.15, 0.2) is 0 Å². The molecule has 4 unspecified atom stereocenters. The van der Waals surface area contributed by atoms with Gasteiger partial charge in [-0.25, -0.2) is 0 Å². The lowest BCUT2D eigenvalue weighted by atomic mass is 9.80. The summed E-state index contributed by atoms with van der Waals surface area (Å²) in [4.78, 5) is 2.70. The molecule has 0 spiro atoms. The molecule has 0 aromatic carbocycles. The van der Waals surface area contributed by atoms with Crippen molar-refractivity contribution in [3.8, 4) is 0 Å². The van der Waals surface area contributed by atoms with Crippen molar-refractivity contribution in [1.82, 2.24) is 10.2 Å². The topological polar surface area (TPSA) is 24.5 Å². The van der Waals surface area contributed by atoms with Crippen LogP contribution >= 0.6 is 0 Å². The molecule has 0 radical (unpaired) electrons. The molecule has 106 valence electrons. The van der Waals surface area contributed by atoms with E-state index in [1.165, 1.54) is 25.7 Å². The smallest absolute Gasteiger partial charge is 0.0700 e. The third kappa shape index (κ3) is 3.25. The highest BCUT2D eigenvalue weighted by molar-refractivity contribution is 4.92. The lowest BCUT2D eigenvalue weighted by Gasteiger charge is -2.45. The van der Waals surface area contributed by atoms with Crippen molar-refractivity contribution in [3.05, 3.63) is 0 Å². The summed E-state index contributed by atoms with van der Waals surface area (Å²) in [5, 5.41) is 3.55. The van der Waals surface area contributed by atoms with Gasteiger partial charge < -0.3 is 10.1 Å². The van der Waals surface area contributed by atoms with Gasteiger partial charge in [0.05, 0.1) is 12.7 Å². The summed E-state index contributed by atoms with van der Waals surface area (Å²) in [5.74, 6) is 0.933. The number of nitrogens with zero attached hydrogens (tertiary/aromatic N) is 1. The highest BCUT2D eigenvalue weighted by Crippen LogP contribution is 2.31. The molecule has 0 aromatic rings. The zero-order valence-electron chi connectivity index (χ0n) is 12.3. The molecule has 0 bridgehead atoms. The number of morpholine rings is 1. The number of hydrogen-bond acceptors (Lipinski definition) is 3. The van der Waals surface area contributed by atoms with Crippen LogP contribution < -0.4 is 5.32 Å². The van der Waals surface area contributed by atoms with Gasteiger partial charge in [0, 0.05) is 25.2 Å². The number of hydrogen-bond donors (Lipinski definition) is 1. The van der Waals surface area contributed by atoms with E-state index in [4.69, 9.17) is 4.74 Å². The Morgan fingerprint density at radius 3 is 2.72 bits per heavy atom. The molecule has 2 rings (SSSR count). The second-order valence-electron chi connectivity index (χ2n) is 5.95. The predicted molar refractivity (Wildman–Crippen MR) is 75.9 cm³/mol. The zero-order valence-corrected chi connectivity index (χ0v) is 12.3. The lowest BCUT2D eigenvalue weighted by Crippen LogP contribution is -2.57. The van der Waals surface area contributed by atoms with E-state index in [0.29, 0.717) is 12.1 Å². The maximum atomic E-state index is 5.81. The van der Waals surface area contributed by atoms with E-state index in [1.54, 1.807) is 0 Å². The average Bonchev–Trinajstić information content (AvgIpc) is 2.46. The molecule has 1 saturated heterocycles. The van der Waals surface area contributed by atoms with E-state index < -0.39 is 0 Å². The van der Waals surface area contributed by atoms with E-state index in [9.17, 15) is 0 Å². The van der Waals surface area contributed by atoms with Gasteiger partial charge in [-0.2, -0.15) is 0 Å². The van der Waals surface area contributed by atoms with Crippen molar-refractivity contribution in [2.45, 2.75) is 64.1 Å². The fraction of sp³-hybridized carbons (Fsp3) is 1.00. The molecule has 2 aliphatic rings. The molecule has 2 fully saturated rings. The van der Waals surface area contributed by atoms with Crippen LogP contribution in [0.25, 0.3) is 0 Å². The Morgan fingerprint density at radius 2 is 2.06 bits per heavy atom. The molecular weight excluding hydrogens is 224 g/mol. The molecule has 1 saturated carbocycles. The van der Waals surface area contributed by atoms with Crippen LogP contribution in [0.3, 0.4) is 0 Å². The average molecular weight is 254 g/mol. The Kier molecular flexibility index (Phi) is 5.46. The van der Waals surface area contributed by atoms with Crippen molar-refractivity contribution >= 4 is 0 Å². The van der Waals surface area contributed by atoms with E-state index in [1.807, 2.05) is 0 Å². The van der Waals surface area contributed by atoms with Gasteiger partial charge in [0.2, 0.25) is 0 Å². The summed E-state index contributed by atoms with van der Waals surface area (Å²) < 4.78 is 5.81. The second-order valence-corrected chi connectivity index (χ2v) is 5.95. The third-order valence-electron chi connectivity index (χ3n) is 4.97. The summed E-state index contributed by atoms with van der Waals surface area (Å²) >= 11 is 0. The number of rotatable bonds is 4. The SMILES string of the molecule is CCC1CCC(NC)C(N2CCOC(CC)C2)C1. The van der Waals surface area contributed by atoms with Gasteiger partial charge in [-0.1, -0.05) is 20.3 Å². The van der Waals surface area contributed by atoms with E-state index >= 15 is 0 Å². The number of ether oxygens (including phenoxy) is 1. The van der Waals surface area contributed by atoms with Gasteiger partial charge in [-0.3, -0.25) is 4.90 Å². The largest absolute Gasteiger partial charge is 0.376 e. The van der Waals surface area contributed by atoms with E-state index in [-0.39, 0.29) is 0 Å². The number of likely N-dealkylation sites (N-methyl/N-ethyl adjacent to an activating group) is 1. The van der Waals surface area contributed by atoms with Gasteiger partial charge >= 0.3 is 0 Å². The molecule has 4 atom stereocenters. The maximum absolute atomic E-state index is 5.81. The second kappa shape index (κ2) is 6.88. The lowest BCUT2D eigenvalue weighted by molar-refractivity contribution is -0.0576. The summed E-state index contributed by atoms with van der Waals surface area (Å²) in [6.07, 6.45) is 7.06. The van der Waals surface area contributed by atoms with Gasteiger partial charge in [-0.05, 0) is 38.6 Å². The first kappa shape index (κ1) is 14.3. The molecule has 1 N–H and O–H groups in total. The first-order valence-electron chi connectivity index (χ1n) is 7.81. The van der Waals surface area contributed by atoms with Gasteiger partial charge in [0.1, 0.15) is 0 Å². The van der Waals surface area contributed by atoms with Crippen LogP contribution in [-0.2, 0) is 4.74 Å². The minimum Gasteiger partial charge on any atom is -0.376 e. The summed E-state index contributed by atoms with van der Waals surface area (Å²) in [7, 11) is 2.13. The molecule has 0 aromatic heterocycles. The Hall–Kier alpha value is -0.120. The standard InChI is InChI=1S/C15H30N2O/c1-4-12-6-7-14(16-3)15(10-12)17-8-9-18-13(5-2)11-17/h12-16H,4-11H2,1-3H3. The first-order chi connectivity index (χ1) is 8.78. The van der Waals surface area contributed by atoms with Crippen LogP contribution in [0.1, 0.15) is 46.0 Å². The maximum Gasteiger partial charge on any atom is 0.0700 e. The molecule has 18 heavy (non-hydrogen) atoms. The van der Waals surface area contributed by atoms with E-state index in [2.05, 4.69) is 31.1 Å². The molecule has 3 nitrogen and oxygen atoms in total. The highest BCUT2D eigenvalue weighted by atomic mass is 16.5. The molecule has 0 amide bonds. The van der Waals surface area contributed by atoms with Crippen LogP contribution in [0.2, 0.25) is 0 Å². The van der Waals surface area contributed by atoms with Crippen molar-refractivity contribution in [2.24, 2.45) is 5.92 Å². The Morgan fingerprint density at radius 1 is 1.22 bits per heavy atom. The van der Waals surface area contributed by atoms with E-state index in [0.717, 1.165) is 38.1 Å². The molecule has 1 aliphatic heterocycles. The van der Waals surface area contributed by atoms with Crippen LogP contribution in [0.15, 0.2) is 0 Å². The van der Waals surface area contributed by atoms with Gasteiger partial charge in [0.25, 0.3) is 0 Å². The molecular formula is C15H30N2O. The van der Waals surface area contributed by atoms with Gasteiger partial charge in [-0.15, -0.1) is 0 Å². The normalized spacial score (nSPS) is 38.8. The van der Waals surface area contributed by atoms with Crippen LogP contribution in [0.4, 0.5) is 0 Å². The highest BCUT2D eigenvalue weighted by Gasteiger charge is 2.35. The summed E-state index contributed by atoms with van der Waals surface area (Å²) in [5.41, 5.74) is 0. The third-order valence-corrected chi connectivity index (χ3v) is 4.97. The van der Waals surface area contributed by atoms with Crippen molar-refractivity contribution in [1.29, 1.82) is 0 Å². The first-order valence-corrected chi connectivity index (χ1v) is 7.81. The molecule has 1 aliphatic carbocycles. The Balaban J connectivity index is 1.98. The van der Waals surface area contributed by atoms with Crippen LogP contribution in [-0.4, -0.2) is 49.8 Å². The predicted octanol–water partition coefficient (Wildman–Crippen LogP) is 2.26. The minimum absolute atomic E-state index is 0.457. The van der Waals surface area contributed by atoms with Crippen molar-refractivity contribution < 1.29 is 4.74 Å². The molecule has 1 heterocycles. The quantitative estimate of drug-likeness (QED) is 0.833. The minimum atomic E-state index is 0.457. The van der Waals surface area contributed by atoms with Crippen LogP contribution in [0.5, 0.6) is 0 Å². The Bertz CT molecular complexity index is 247. The number of nitrogens with one attached hydrogen (secondary N) is 1. The molecule has 3 heteroatoms. The van der Waals surface area contributed by atoms with Crippen molar-refractivity contribution in [2.75, 3.05) is 26.7 Å². The monoisotopic (exact) mass is 254 g/mol. The van der Waals surface area contributed by atoms with Crippen molar-refractivity contribution in [3.63, 3.8) is 0 Å². The summed E-state index contributed by atoms with van der Waals surface area (Å²) in [6.45, 7) is 7.75.